The Morgan fingerprint density at radius 2 is 1.97 bits per heavy atom. The van der Waals surface area contributed by atoms with Crippen LogP contribution in [0.15, 0.2) is 87.9 Å². The van der Waals surface area contributed by atoms with Crippen LogP contribution in [0.25, 0.3) is 11.3 Å². The highest BCUT2D eigenvalue weighted by Crippen LogP contribution is 2.41. The first-order valence-electron chi connectivity index (χ1n) is 11.8. The summed E-state index contributed by atoms with van der Waals surface area (Å²) in [5.74, 6) is 0.890. The highest BCUT2D eigenvalue weighted by Gasteiger charge is 2.41. The Hall–Kier alpha value is -3.56. The monoisotopic (exact) mass is 578 g/mol. The first kappa shape index (κ1) is 25.1. The van der Waals surface area contributed by atoms with Crippen molar-refractivity contribution >= 4 is 44.9 Å². The van der Waals surface area contributed by atoms with E-state index < -0.39 is 0 Å². The molecule has 0 spiro atoms. The van der Waals surface area contributed by atoms with Crippen LogP contribution in [0.2, 0.25) is 0 Å². The summed E-state index contributed by atoms with van der Waals surface area (Å²) in [5.41, 5.74) is 3.46. The SMILES string of the molecule is Cc1ccc(-c2ccc([C@H]3[C@@H](c4ccccn4)NC(=S)N3CCC(=O)Nc3ccc(F)cc3)o2)c(Br)c1. The molecule has 2 N–H and O–H groups in total. The predicted molar refractivity (Wildman–Crippen MR) is 148 cm³/mol. The smallest absolute Gasteiger partial charge is 0.226 e. The third kappa shape index (κ3) is 5.57. The summed E-state index contributed by atoms with van der Waals surface area (Å²) in [6.07, 6.45) is 1.93. The minimum atomic E-state index is -0.356. The molecule has 2 aromatic carbocycles. The van der Waals surface area contributed by atoms with Crippen molar-refractivity contribution in [3.05, 3.63) is 106 Å². The van der Waals surface area contributed by atoms with Gasteiger partial charge in [-0.25, -0.2) is 4.39 Å². The molecule has 0 unspecified atom stereocenters. The van der Waals surface area contributed by atoms with Crippen LogP contribution in [0.5, 0.6) is 0 Å². The van der Waals surface area contributed by atoms with Gasteiger partial charge in [-0.15, -0.1) is 0 Å². The first-order valence-corrected chi connectivity index (χ1v) is 13.0. The van der Waals surface area contributed by atoms with Crippen molar-refractivity contribution < 1.29 is 13.6 Å². The molecule has 2 atom stereocenters. The lowest BCUT2D eigenvalue weighted by Gasteiger charge is -2.25. The molecule has 2 aromatic heterocycles. The zero-order valence-electron chi connectivity index (χ0n) is 19.9. The lowest BCUT2D eigenvalue weighted by molar-refractivity contribution is -0.116. The average molecular weight is 579 g/mol. The molecule has 6 nitrogen and oxygen atoms in total. The number of thiocarbonyl (C=S) groups is 1. The Balaban J connectivity index is 1.40. The van der Waals surface area contributed by atoms with Crippen molar-refractivity contribution in [1.82, 2.24) is 15.2 Å². The zero-order chi connectivity index (χ0) is 25.9. The van der Waals surface area contributed by atoms with Crippen LogP contribution < -0.4 is 10.6 Å². The molecule has 0 aliphatic carbocycles. The number of benzene rings is 2. The molecule has 3 heterocycles. The number of halogens is 2. The number of hydrogen-bond donors (Lipinski definition) is 2. The number of pyridine rings is 1. The van der Waals surface area contributed by atoms with Crippen LogP contribution in [0.1, 0.15) is 35.5 Å². The molecule has 0 radical (unpaired) electrons. The van der Waals surface area contributed by atoms with E-state index >= 15 is 0 Å². The number of hydrogen-bond acceptors (Lipinski definition) is 4. The summed E-state index contributed by atoms with van der Waals surface area (Å²) in [6, 6.07) is 20.9. The first-order chi connectivity index (χ1) is 17.9. The summed E-state index contributed by atoms with van der Waals surface area (Å²) in [4.78, 5) is 19.2. The number of carbonyl (C=O) groups is 1. The van der Waals surface area contributed by atoms with Gasteiger partial charge in [-0.05, 0) is 85.4 Å². The van der Waals surface area contributed by atoms with Crippen molar-refractivity contribution in [3.63, 3.8) is 0 Å². The quantitative estimate of drug-likeness (QED) is 0.242. The fraction of sp³-hybridized carbons (Fsp3) is 0.179. The number of rotatable bonds is 7. The van der Waals surface area contributed by atoms with E-state index in [2.05, 4.69) is 31.5 Å². The Kier molecular flexibility index (Phi) is 7.34. The number of amides is 1. The number of aromatic nitrogens is 1. The number of aryl methyl sites for hydroxylation is 1. The van der Waals surface area contributed by atoms with Gasteiger partial charge in [-0.1, -0.05) is 28.1 Å². The Labute approximate surface area is 228 Å². The van der Waals surface area contributed by atoms with E-state index in [4.69, 9.17) is 16.6 Å². The molecule has 9 heteroatoms. The molecule has 1 amide bonds. The van der Waals surface area contributed by atoms with Gasteiger partial charge in [0.2, 0.25) is 5.91 Å². The number of nitrogens with zero attached hydrogens (tertiary/aromatic N) is 2. The normalized spacial score (nSPS) is 17.1. The molecule has 1 aliphatic heterocycles. The Morgan fingerprint density at radius 1 is 1.16 bits per heavy atom. The molecular weight excluding hydrogens is 555 g/mol. The van der Waals surface area contributed by atoms with Crippen LogP contribution in [0.3, 0.4) is 0 Å². The van der Waals surface area contributed by atoms with Gasteiger partial charge in [-0.2, -0.15) is 0 Å². The minimum Gasteiger partial charge on any atom is -0.459 e. The maximum absolute atomic E-state index is 13.2. The Morgan fingerprint density at radius 3 is 2.70 bits per heavy atom. The largest absolute Gasteiger partial charge is 0.459 e. The Bertz CT molecular complexity index is 1430. The minimum absolute atomic E-state index is 0.182. The van der Waals surface area contributed by atoms with Gasteiger partial charge >= 0.3 is 0 Å². The maximum atomic E-state index is 13.2. The van der Waals surface area contributed by atoms with Crippen LogP contribution >= 0.6 is 28.1 Å². The molecule has 4 aromatic rings. The summed E-state index contributed by atoms with van der Waals surface area (Å²) >= 11 is 9.33. The molecule has 1 saturated heterocycles. The third-order valence-corrected chi connectivity index (χ3v) is 7.22. The number of anilines is 1. The molecular formula is C28H24BrFN4O2S. The lowest BCUT2D eigenvalue weighted by Crippen LogP contribution is -2.32. The van der Waals surface area contributed by atoms with E-state index in [1.54, 1.807) is 6.20 Å². The van der Waals surface area contributed by atoms with Crippen LogP contribution in [-0.4, -0.2) is 27.4 Å². The van der Waals surface area contributed by atoms with E-state index in [9.17, 15) is 9.18 Å². The van der Waals surface area contributed by atoms with Gasteiger partial charge in [0.05, 0.1) is 11.7 Å². The molecule has 37 heavy (non-hydrogen) atoms. The molecule has 1 fully saturated rings. The lowest BCUT2D eigenvalue weighted by atomic mass is 10.0. The van der Waals surface area contributed by atoms with Crippen molar-refractivity contribution in [2.45, 2.75) is 25.4 Å². The van der Waals surface area contributed by atoms with E-state index in [1.165, 1.54) is 24.3 Å². The number of carbonyl (C=O) groups excluding carboxylic acids is 1. The fourth-order valence-corrected chi connectivity index (χ4v) is 5.43. The molecule has 5 rings (SSSR count). The van der Waals surface area contributed by atoms with Crippen molar-refractivity contribution in [2.75, 3.05) is 11.9 Å². The molecule has 0 saturated carbocycles. The third-order valence-electron chi connectivity index (χ3n) is 6.21. The van der Waals surface area contributed by atoms with Gasteiger partial charge in [0, 0.05) is 34.9 Å². The molecule has 1 aliphatic rings. The second-order valence-corrected chi connectivity index (χ2v) is 10.1. The summed E-state index contributed by atoms with van der Waals surface area (Å²) in [6.45, 7) is 2.39. The van der Waals surface area contributed by atoms with Crippen LogP contribution in [0, 0.1) is 12.7 Å². The van der Waals surface area contributed by atoms with Crippen LogP contribution in [0.4, 0.5) is 10.1 Å². The number of nitrogens with one attached hydrogen (secondary N) is 2. The zero-order valence-corrected chi connectivity index (χ0v) is 22.4. The topological polar surface area (TPSA) is 70.4 Å². The second kappa shape index (κ2) is 10.8. The van der Waals surface area contributed by atoms with Crippen LogP contribution in [-0.2, 0) is 4.79 Å². The fourth-order valence-electron chi connectivity index (χ4n) is 4.41. The van der Waals surface area contributed by atoms with Gasteiger partial charge in [0.15, 0.2) is 5.11 Å². The maximum Gasteiger partial charge on any atom is 0.226 e. The molecule has 188 valence electrons. The standard InChI is InChI=1S/C28H24BrFN4O2S/c1-17-5-10-20(21(29)16-17)23-11-12-24(36-23)27-26(22-4-2-3-14-31-22)33-28(37)34(27)15-13-25(35)32-19-8-6-18(30)7-9-19/h2-12,14,16,26-27H,13,15H2,1H3,(H,32,35)(H,33,37)/t26-,27+/m1/s1. The van der Waals surface area contributed by atoms with Crippen molar-refractivity contribution in [2.24, 2.45) is 0 Å². The highest BCUT2D eigenvalue weighted by atomic mass is 79.9. The predicted octanol–water partition coefficient (Wildman–Crippen LogP) is 6.55. The van der Waals surface area contributed by atoms with E-state index in [0.29, 0.717) is 23.1 Å². The van der Waals surface area contributed by atoms with Crippen molar-refractivity contribution in [1.29, 1.82) is 0 Å². The van der Waals surface area contributed by atoms with Gasteiger partial charge in [0.1, 0.15) is 23.4 Å². The van der Waals surface area contributed by atoms with E-state index in [1.807, 2.05) is 60.4 Å². The van der Waals surface area contributed by atoms with Gasteiger partial charge < -0.3 is 20.0 Å². The summed E-state index contributed by atoms with van der Waals surface area (Å²) < 4.78 is 20.5. The van der Waals surface area contributed by atoms with E-state index in [0.717, 1.165) is 27.1 Å². The summed E-state index contributed by atoms with van der Waals surface area (Å²) in [7, 11) is 0. The second-order valence-electron chi connectivity index (χ2n) is 8.81. The highest BCUT2D eigenvalue weighted by molar-refractivity contribution is 9.10. The van der Waals surface area contributed by atoms with Gasteiger partial charge in [0.25, 0.3) is 0 Å². The van der Waals surface area contributed by atoms with Gasteiger partial charge in [-0.3, -0.25) is 9.78 Å². The van der Waals surface area contributed by atoms with E-state index in [-0.39, 0.29) is 30.2 Å². The average Bonchev–Trinajstić information content (AvgIpc) is 3.49. The number of furan rings is 1. The molecule has 0 bridgehead atoms. The van der Waals surface area contributed by atoms with Crippen molar-refractivity contribution in [3.8, 4) is 11.3 Å². The summed E-state index contributed by atoms with van der Waals surface area (Å²) in [5, 5.41) is 6.69.